The fraction of sp³-hybridized carbons (Fsp3) is 0.500. The number of rotatable bonds is 2. The number of halogens is 2. The highest BCUT2D eigenvalue weighted by molar-refractivity contribution is 9.10. The second-order valence-electron chi connectivity index (χ2n) is 5.28. The van der Waals surface area contributed by atoms with Crippen LogP contribution in [0.25, 0.3) is 0 Å². The molecule has 0 spiro atoms. The van der Waals surface area contributed by atoms with E-state index in [1.807, 2.05) is 0 Å². The lowest BCUT2D eigenvalue weighted by molar-refractivity contribution is -0.140. The Bertz CT molecular complexity index is 489. The molecule has 1 aromatic rings. The van der Waals surface area contributed by atoms with Crippen LogP contribution in [0.2, 0.25) is 5.02 Å². The van der Waals surface area contributed by atoms with Crippen molar-refractivity contribution in [3.63, 3.8) is 0 Å². The lowest BCUT2D eigenvalue weighted by Gasteiger charge is -2.20. The zero-order chi connectivity index (χ0) is 12.7. The Morgan fingerprint density at radius 3 is 2.78 bits per heavy atom. The van der Waals surface area contributed by atoms with Crippen molar-refractivity contribution in [3.8, 4) is 5.75 Å². The van der Waals surface area contributed by atoms with Gasteiger partial charge < -0.3 is 4.74 Å². The average molecular weight is 330 g/mol. The molecule has 2 aliphatic carbocycles. The minimum atomic E-state index is -0.0785. The Kier molecular flexibility index (Phi) is 3.37. The van der Waals surface area contributed by atoms with E-state index in [-0.39, 0.29) is 11.9 Å². The van der Waals surface area contributed by atoms with Crippen LogP contribution >= 0.6 is 27.5 Å². The maximum Gasteiger partial charge on any atom is 0.314 e. The van der Waals surface area contributed by atoms with Crippen molar-refractivity contribution < 1.29 is 9.53 Å². The van der Waals surface area contributed by atoms with Gasteiger partial charge in [0.25, 0.3) is 0 Å². The maximum absolute atomic E-state index is 12.2. The summed E-state index contributed by atoms with van der Waals surface area (Å²) >= 11 is 9.23. The van der Waals surface area contributed by atoms with Crippen molar-refractivity contribution in [3.05, 3.63) is 27.7 Å². The second-order valence-corrected chi connectivity index (χ2v) is 6.57. The Hall–Kier alpha value is -0.540. The standard InChI is InChI=1S/C14H14BrClO2/c15-12-7-10(16)3-4-13(12)18-14(17)11-6-8-1-2-9(11)5-8/h3-4,7-9,11H,1-2,5-6H2. The smallest absolute Gasteiger partial charge is 0.314 e. The van der Waals surface area contributed by atoms with Crippen LogP contribution in [0.15, 0.2) is 22.7 Å². The van der Waals surface area contributed by atoms with E-state index in [4.69, 9.17) is 16.3 Å². The summed E-state index contributed by atoms with van der Waals surface area (Å²) in [5, 5.41) is 0.626. The molecule has 0 heterocycles. The van der Waals surface area contributed by atoms with Crippen LogP contribution in [-0.4, -0.2) is 5.97 Å². The summed E-state index contributed by atoms with van der Waals surface area (Å²) < 4.78 is 6.22. The van der Waals surface area contributed by atoms with Gasteiger partial charge in [0.1, 0.15) is 5.75 Å². The highest BCUT2D eigenvalue weighted by Crippen LogP contribution is 2.48. The van der Waals surface area contributed by atoms with E-state index in [9.17, 15) is 4.79 Å². The van der Waals surface area contributed by atoms with Gasteiger partial charge in [-0.15, -0.1) is 0 Å². The summed E-state index contributed by atoms with van der Waals surface area (Å²) in [5.41, 5.74) is 0. The predicted molar refractivity (Wildman–Crippen MR) is 73.7 cm³/mol. The van der Waals surface area contributed by atoms with E-state index < -0.39 is 0 Å². The number of fused-ring (bicyclic) bond motifs is 2. The van der Waals surface area contributed by atoms with Gasteiger partial charge in [0, 0.05) is 5.02 Å². The van der Waals surface area contributed by atoms with Crippen molar-refractivity contribution in [2.24, 2.45) is 17.8 Å². The van der Waals surface area contributed by atoms with Crippen LogP contribution in [0.3, 0.4) is 0 Å². The molecule has 2 saturated carbocycles. The minimum absolute atomic E-state index is 0.0785. The van der Waals surface area contributed by atoms with Crippen LogP contribution < -0.4 is 4.74 Å². The van der Waals surface area contributed by atoms with Gasteiger partial charge in [-0.2, -0.15) is 0 Å². The molecule has 2 nitrogen and oxygen atoms in total. The van der Waals surface area contributed by atoms with Crippen LogP contribution in [0.5, 0.6) is 5.75 Å². The van der Waals surface area contributed by atoms with Crippen molar-refractivity contribution >= 4 is 33.5 Å². The lowest BCUT2D eigenvalue weighted by Crippen LogP contribution is -2.25. The molecule has 3 unspecified atom stereocenters. The highest BCUT2D eigenvalue weighted by Gasteiger charge is 2.44. The van der Waals surface area contributed by atoms with Gasteiger partial charge in [0.15, 0.2) is 0 Å². The van der Waals surface area contributed by atoms with E-state index in [0.29, 0.717) is 16.7 Å². The number of hydrogen-bond donors (Lipinski definition) is 0. The number of esters is 1. The number of carbonyl (C=O) groups excluding carboxylic acids is 1. The lowest BCUT2D eigenvalue weighted by atomic mass is 9.89. The fourth-order valence-electron chi connectivity index (χ4n) is 3.28. The van der Waals surface area contributed by atoms with E-state index in [2.05, 4.69) is 15.9 Å². The van der Waals surface area contributed by atoms with Crippen molar-refractivity contribution in [1.82, 2.24) is 0 Å². The third-order valence-corrected chi connectivity index (χ3v) is 5.00. The Balaban J connectivity index is 1.71. The van der Waals surface area contributed by atoms with Gasteiger partial charge in [-0.3, -0.25) is 4.79 Å². The molecule has 3 atom stereocenters. The first-order valence-electron chi connectivity index (χ1n) is 6.30. The predicted octanol–water partition coefficient (Wildman–Crippen LogP) is 4.44. The molecule has 1 aromatic carbocycles. The third-order valence-electron chi connectivity index (χ3n) is 4.15. The molecule has 0 radical (unpaired) electrons. The molecule has 96 valence electrons. The molecular formula is C14H14BrClO2. The van der Waals surface area contributed by atoms with Crippen LogP contribution in [0, 0.1) is 17.8 Å². The molecule has 0 aliphatic heterocycles. The number of carbonyl (C=O) groups is 1. The van der Waals surface area contributed by atoms with Gasteiger partial charge in [-0.05, 0) is 65.2 Å². The molecule has 0 N–H and O–H groups in total. The van der Waals surface area contributed by atoms with Gasteiger partial charge >= 0.3 is 5.97 Å². The average Bonchev–Trinajstić information content (AvgIpc) is 2.94. The topological polar surface area (TPSA) is 26.3 Å². The monoisotopic (exact) mass is 328 g/mol. The van der Waals surface area contributed by atoms with Gasteiger partial charge in [0.05, 0.1) is 10.4 Å². The van der Waals surface area contributed by atoms with Crippen LogP contribution in [0.4, 0.5) is 0 Å². The molecule has 2 aliphatic rings. The van der Waals surface area contributed by atoms with E-state index >= 15 is 0 Å². The van der Waals surface area contributed by atoms with Gasteiger partial charge in [-0.25, -0.2) is 0 Å². The maximum atomic E-state index is 12.2. The first-order chi connectivity index (χ1) is 8.63. The molecule has 0 saturated heterocycles. The Morgan fingerprint density at radius 2 is 2.17 bits per heavy atom. The molecule has 2 bridgehead atoms. The summed E-state index contributed by atoms with van der Waals surface area (Å²) in [4.78, 5) is 12.2. The Morgan fingerprint density at radius 1 is 1.33 bits per heavy atom. The molecule has 2 fully saturated rings. The summed E-state index contributed by atoms with van der Waals surface area (Å²) in [5.74, 6) is 1.89. The summed E-state index contributed by atoms with van der Waals surface area (Å²) in [6.07, 6.45) is 4.70. The van der Waals surface area contributed by atoms with Crippen molar-refractivity contribution in [1.29, 1.82) is 0 Å². The molecule has 3 rings (SSSR count). The van der Waals surface area contributed by atoms with Crippen molar-refractivity contribution in [2.45, 2.75) is 25.7 Å². The largest absolute Gasteiger partial charge is 0.425 e. The van der Waals surface area contributed by atoms with Crippen LogP contribution in [-0.2, 0) is 4.79 Å². The molecule has 18 heavy (non-hydrogen) atoms. The molecule has 0 aromatic heterocycles. The molecule has 4 heteroatoms. The molecule has 0 amide bonds. The highest BCUT2D eigenvalue weighted by atomic mass is 79.9. The normalized spacial score (nSPS) is 29.6. The molecular weight excluding hydrogens is 316 g/mol. The summed E-state index contributed by atoms with van der Waals surface area (Å²) in [6.45, 7) is 0. The number of hydrogen-bond acceptors (Lipinski definition) is 2. The van der Waals surface area contributed by atoms with E-state index in [0.717, 1.165) is 16.8 Å². The van der Waals surface area contributed by atoms with Gasteiger partial charge in [-0.1, -0.05) is 18.0 Å². The number of ether oxygens (including phenoxy) is 1. The quantitative estimate of drug-likeness (QED) is 0.592. The zero-order valence-electron chi connectivity index (χ0n) is 9.86. The SMILES string of the molecule is O=C(Oc1ccc(Cl)cc1Br)C1CC2CCC1C2. The first-order valence-corrected chi connectivity index (χ1v) is 7.47. The third kappa shape index (κ3) is 2.30. The van der Waals surface area contributed by atoms with E-state index in [1.165, 1.54) is 19.3 Å². The minimum Gasteiger partial charge on any atom is -0.425 e. The second kappa shape index (κ2) is 4.86. The number of benzene rings is 1. The zero-order valence-corrected chi connectivity index (χ0v) is 12.2. The van der Waals surface area contributed by atoms with Crippen molar-refractivity contribution in [2.75, 3.05) is 0 Å². The summed E-state index contributed by atoms with van der Waals surface area (Å²) in [7, 11) is 0. The van der Waals surface area contributed by atoms with E-state index in [1.54, 1.807) is 18.2 Å². The fourth-order valence-corrected chi connectivity index (χ4v) is 4.04. The Labute approximate surface area is 120 Å². The summed E-state index contributed by atoms with van der Waals surface area (Å²) in [6, 6.07) is 5.21. The first kappa shape index (κ1) is 12.5. The van der Waals surface area contributed by atoms with Gasteiger partial charge in [0.2, 0.25) is 0 Å². The van der Waals surface area contributed by atoms with Crippen LogP contribution in [0.1, 0.15) is 25.7 Å².